The van der Waals surface area contributed by atoms with Crippen molar-refractivity contribution in [3.05, 3.63) is 59.2 Å². The summed E-state index contributed by atoms with van der Waals surface area (Å²) in [6.07, 6.45) is 0.616. The highest BCUT2D eigenvalue weighted by atomic mass is 16.5. The number of benzene rings is 2. The number of carbonyl (C=O) groups is 1. The summed E-state index contributed by atoms with van der Waals surface area (Å²) in [5.74, 6) is 1.07. The van der Waals surface area contributed by atoms with Crippen molar-refractivity contribution in [3.8, 4) is 17.6 Å². The van der Waals surface area contributed by atoms with Crippen LogP contribution in [0.3, 0.4) is 0 Å². The summed E-state index contributed by atoms with van der Waals surface area (Å²) in [5, 5.41) is 15.0. The summed E-state index contributed by atoms with van der Waals surface area (Å²) in [5.41, 5.74) is 2.24. The number of nitriles is 1. The lowest BCUT2D eigenvalue weighted by Crippen LogP contribution is -2.40. The Hall–Kier alpha value is -3.33. The lowest BCUT2D eigenvalue weighted by Gasteiger charge is -2.28. The van der Waals surface area contributed by atoms with Gasteiger partial charge in [-0.3, -0.25) is 4.79 Å². The standard InChI is InChI=1S/C21H21N3O3/c1-21(2)12-17(16-9-10-18(26-3)19(11-16)27-4)23-24(21)20(25)15-7-5-14(13-22)6-8-15/h5-11H,12H2,1-4H3. The van der Waals surface area contributed by atoms with E-state index in [1.807, 2.05) is 32.0 Å². The molecule has 0 saturated heterocycles. The molecular formula is C21H21N3O3. The normalized spacial score (nSPS) is 15.1. The minimum Gasteiger partial charge on any atom is -0.493 e. The minimum absolute atomic E-state index is 0.194. The van der Waals surface area contributed by atoms with E-state index in [1.165, 1.54) is 5.01 Å². The van der Waals surface area contributed by atoms with Gasteiger partial charge in [0.25, 0.3) is 5.91 Å². The van der Waals surface area contributed by atoms with Gasteiger partial charge in [0.2, 0.25) is 0 Å². The van der Waals surface area contributed by atoms with Gasteiger partial charge in [0, 0.05) is 17.5 Å². The summed E-state index contributed by atoms with van der Waals surface area (Å²) < 4.78 is 10.6. The van der Waals surface area contributed by atoms with E-state index in [4.69, 9.17) is 14.7 Å². The first kappa shape index (κ1) is 18.5. The fraction of sp³-hybridized carbons (Fsp3) is 0.286. The van der Waals surface area contributed by atoms with Crippen LogP contribution in [0.15, 0.2) is 47.6 Å². The zero-order valence-electron chi connectivity index (χ0n) is 15.8. The fourth-order valence-electron chi connectivity index (χ4n) is 3.08. The summed E-state index contributed by atoms with van der Waals surface area (Å²) in [7, 11) is 3.18. The zero-order valence-corrected chi connectivity index (χ0v) is 15.8. The highest BCUT2D eigenvalue weighted by Crippen LogP contribution is 2.34. The lowest BCUT2D eigenvalue weighted by atomic mass is 9.94. The second-order valence-electron chi connectivity index (χ2n) is 6.91. The van der Waals surface area contributed by atoms with Crippen molar-refractivity contribution in [2.75, 3.05) is 14.2 Å². The molecule has 0 aromatic heterocycles. The van der Waals surface area contributed by atoms with Gasteiger partial charge < -0.3 is 9.47 Å². The molecule has 0 spiro atoms. The van der Waals surface area contributed by atoms with Gasteiger partial charge in [0.1, 0.15) is 0 Å². The van der Waals surface area contributed by atoms with Crippen molar-refractivity contribution in [2.24, 2.45) is 5.10 Å². The van der Waals surface area contributed by atoms with Crippen LogP contribution in [0.25, 0.3) is 0 Å². The van der Waals surface area contributed by atoms with Gasteiger partial charge >= 0.3 is 0 Å². The van der Waals surface area contributed by atoms with Crippen LogP contribution in [-0.2, 0) is 0 Å². The van der Waals surface area contributed by atoms with E-state index in [9.17, 15) is 4.79 Å². The van der Waals surface area contributed by atoms with E-state index >= 15 is 0 Å². The Kier molecular flexibility index (Phi) is 4.87. The molecule has 0 radical (unpaired) electrons. The van der Waals surface area contributed by atoms with E-state index in [0.29, 0.717) is 29.0 Å². The molecule has 1 aliphatic rings. The van der Waals surface area contributed by atoms with Crippen molar-refractivity contribution in [1.29, 1.82) is 5.26 Å². The molecule has 0 bridgehead atoms. The van der Waals surface area contributed by atoms with Crippen LogP contribution in [0, 0.1) is 11.3 Å². The Morgan fingerprint density at radius 2 is 1.78 bits per heavy atom. The maximum absolute atomic E-state index is 13.0. The molecule has 2 aromatic rings. The van der Waals surface area contributed by atoms with Crippen molar-refractivity contribution in [1.82, 2.24) is 5.01 Å². The molecule has 1 aliphatic heterocycles. The third-order valence-electron chi connectivity index (χ3n) is 4.56. The smallest absolute Gasteiger partial charge is 0.274 e. The van der Waals surface area contributed by atoms with Gasteiger partial charge in [-0.15, -0.1) is 0 Å². The van der Waals surface area contributed by atoms with Crippen LogP contribution in [-0.4, -0.2) is 36.4 Å². The second-order valence-corrected chi connectivity index (χ2v) is 6.91. The maximum Gasteiger partial charge on any atom is 0.274 e. The molecule has 0 unspecified atom stereocenters. The van der Waals surface area contributed by atoms with Crippen LogP contribution in [0.5, 0.6) is 11.5 Å². The molecular weight excluding hydrogens is 342 g/mol. The first-order valence-electron chi connectivity index (χ1n) is 8.54. The van der Waals surface area contributed by atoms with Gasteiger partial charge in [-0.1, -0.05) is 0 Å². The maximum atomic E-state index is 13.0. The summed E-state index contributed by atoms with van der Waals surface area (Å²) >= 11 is 0. The molecule has 0 N–H and O–H groups in total. The van der Waals surface area contributed by atoms with Crippen molar-refractivity contribution in [2.45, 2.75) is 25.8 Å². The number of hydrogen-bond donors (Lipinski definition) is 0. The third kappa shape index (κ3) is 3.49. The van der Waals surface area contributed by atoms with Gasteiger partial charge in [0.15, 0.2) is 11.5 Å². The molecule has 138 valence electrons. The first-order chi connectivity index (χ1) is 12.9. The number of rotatable bonds is 4. The van der Waals surface area contributed by atoms with Crippen molar-refractivity contribution < 1.29 is 14.3 Å². The number of methoxy groups -OCH3 is 2. The van der Waals surface area contributed by atoms with Crippen molar-refractivity contribution >= 4 is 11.6 Å². The molecule has 0 atom stereocenters. The molecule has 2 aromatic carbocycles. The Morgan fingerprint density at radius 3 is 2.37 bits per heavy atom. The average molecular weight is 363 g/mol. The predicted molar refractivity (Wildman–Crippen MR) is 102 cm³/mol. The molecule has 0 fully saturated rings. The number of hydrazone groups is 1. The van der Waals surface area contributed by atoms with E-state index in [2.05, 4.69) is 11.2 Å². The Bertz CT molecular complexity index is 940. The average Bonchev–Trinajstić information content (AvgIpc) is 3.02. The zero-order chi connectivity index (χ0) is 19.6. The molecule has 1 heterocycles. The summed E-state index contributed by atoms with van der Waals surface area (Å²) in [4.78, 5) is 13.0. The topological polar surface area (TPSA) is 74.9 Å². The lowest BCUT2D eigenvalue weighted by molar-refractivity contribution is 0.0612. The molecule has 1 amide bonds. The molecule has 6 nitrogen and oxygen atoms in total. The molecule has 27 heavy (non-hydrogen) atoms. The van der Waals surface area contributed by atoms with Crippen LogP contribution in [0.1, 0.15) is 41.8 Å². The van der Waals surface area contributed by atoms with E-state index < -0.39 is 5.54 Å². The molecule has 0 saturated carbocycles. The highest BCUT2D eigenvalue weighted by molar-refractivity contribution is 6.05. The van der Waals surface area contributed by atoms with Gasteiger partial charge in [-0.2, -0.15) is 10.4 Å². The quantitative estimate of drug-likeness (QED) is 0.832. The van der Waals surface area contributed by atoms with Gasteiger partial charge in [-0.05, 0) is 56.3 Å². The van der Waals surface area contributed by atoms with E-state index in [0.717, 1.165) is 11.3 Å². The number of hydrogen-bond acceptors (Lipinski definition) is 5. The minimum atomic E-state index is -0.465. The Balaban J connectivity index is 1.93. The number of nitrogens with zero attached hydrogens (tertiary/aromatic N) is 3. The summed E-state index contributed by atoms with van der Waals surface area (Å²) in [6, 6.07) is 14.2. The Labute approximate surface area is 158 Å². The number of amides is 1. The van der Waals surface area contributed by atoms with E-state index in [1.54, 1.807) is 38.5 Å². The SMILES string of the molecule is COc1ccc(C2=NN(C(=O)c3ccc(C#N)cc3)C(C)(C)C2)cc1OC. The summed E-state index contributed by atoms with van der Waals surface area (Å²) in [6.45, 7) is 3.96. The van der Waals surface area contributed by atoms with Crippen LogP contribution in [0.4, 0.5) is 0 Å². The predicted octanol–water partition coefficient (Wildman–Crippen LogP) is 3.60. The molecule has 0 aliphatic carbocycles. The van der Waals surface area contributed by atoms with Gasteiger partial charge in [0.05, 0.1) is 37.1 Å². The van der Waals surface area contributed by atoms with Crippen LogP contribution >= 0.6 is 0 Å². The monoisotopic (exact) mass is 363 g/mol. The largest absolute Gasteiger partial charge is 0.493 e. The van der Waals surface area contributed by atoms with Crippen LogP contribution in [0.2, 0.25) is 0 Å². The second kappa shape index (κ2) is 7.12. The first-order valence-corrected chi connectivity index (χ1v) is 8.54. The Morgan fingerprint density at radius 1 is 1.11 bits per heavy atom. The third-order valence-corrected chi connectivity index (χ3v) is 4.56. The van der Waals surface area contributed by atoms with E-state index in [-0.39, 0.29) is 5.91 Å². The van der Waals surface area contributed by atoms with Crippen molar-refractivity contribution in [3.63, 3.8) is 0 Å². The van der Waals surface area contributed by atoms with Crippen LogP contribution < -0.4 is 9.47 Å². The highest BCUT2D eigenvalue weighted by Gasteiger charge is 2.39. The number of ether oxygens (including phenoxy) is 2. The van der Waals surface area contributed by atoms with Gasteiger partial charge in [-0.25, -0.2) is 5.01 Å². The fourth-order valence-corrected chi connectivity index (χ4v) is 3.08. The number of carbonyl (C=O) groups excluding carboxylic acids is 1. The molecule has 3 rings (SSSR count). The molecule has 6 heteroatoms.